The van der Waals surface area contributed by atoms with Crippen LogP contribution in [0.2, 0.25) is 0 Å². The van der Waals surface area contributed by atoms with E-state index >= 15 is 0 Å². The maximum atomic E-state index is 12.3. The molecule has 0 amide bonds. The Morgan fingerprint density at radius 1 is 1.47 bits per heavy atom. The zero-order valence-corrected chi connectivity index (χ0v) is 8.67. The maximum absolute atomic E-state index is 12.3. The number of alkyl halides is 4. The fraction of sp³-hybridized carbons (Fsp3) is 0.286. The van der Waals surface area contributed by atoms with Gasteiger partial charge < -0.3 is 10.1 Å². The van der Waals surface area contributed by atoms with Crippen LogP contribution in [0.4, 0.5) is 19.0 Å². The quantitative estimate of drug-likeness (QED) is 0.477. The lowest BCUT2D eigenvalue weighted by atomic mass is 10.2. The van der Waals surface area contributed by atoms with Gasteiger partial charge in [-0.3, -0.25) is 0 Å². The normalized spacial score (nSPS) is 11.5. The second-order valence-electron chi connectivity index (χ2n) is 2.55. The minimum absolute atomic E-state index is 0.191. The molecule has 0 aliphatic heterocycles. The van der Waals surface area contributed by atoms with Crippen LogP contribution in [0.5, 0.6) is 0 Å². The molecule has 0 spiro atoms. The Balaban J connectivity index is 3.27. The van der Waals surface area contributed by atoms with Gasteiger partial charge in [0.1, 0.15) is 5.56 Å². The minimum Gasteiger partial charge on any atom is -0.358 e. The molecule has 1 heterocycles. The molecular weight excluding hydrogens is 281 g/mol. The third kappa shape index (κ3) is 2.65. The number of hydrogen-bond acceptors (Lipinski definition) is 3. The molecule has 0 atom stereocenters. The summed E-state index contributed by atoms with van der Waals surface area (Å²) in [6.07, 6.45) is -4.55. The molecular formula is C7H4BrF3N2O2. The minimum atomic E-state index is -4.55. The molecule has 0 fully saturated rings. The van der Waals surface area contributed by atoms with Crippen LogP contribution in [0.3, 0.4) is 0 Å². The second-order valence-corrected chi connectivity index (χ2v) is 3.11. The molecule has 15 heavy (non-hydrogen) atoms. The number of halogens is 4. The SMILES string of the molecule is O=[N+]([O-])c1ccc(C(F)(F)F)c(CBr)n1. The summed E-state index contributed by atoms with van der Waals surface area (Å²) >= 11 is 2.80. The highest BCUT2D eigenvalue weighted by Gasteiger charge is 2.36. The van der Waals surface area contributed by atoms with Gasteiger partial charge in [0.05, 0.1) is 5.33 Å². The monoisotopic (exact) mass is 284 g/mol. The van der Waals surface area contributed by atoms with Crippen LogP contribution < -0.4 is 0 Å². The van der Waals surface area contributed by atoms with Crippen LogP contribution in [-0.2, 0) is 11.5 Å². The van der Waals surface area contributed by atoms with E-state index in [0.717, 1.165) is 6.07 Å². The van der Waals surface area contributed by atoms with E-state index < -0.39 is 28.2 Å². The Labute approximate surface area is 90.4 Å². The van der Waals surface area contributed by atoms with Crippen molar-refractivity contribution in [2.45, 2.75) is 11.5 Å². The second kappa shape index (κ2) is 4.13. The molecule has 4 nitrogen and oxygen atoms in total. The average Bonchev–Trinajstić information content (AvgIpc) is 2.15. The van der Waals surface area contributed by atoms with Crippen molar-refractivity contribution in [3.8, 4) is 0 Å². The number of nitro groups is 1. The number of hydrogen-bond donors (Lipinski definition) is 0. The van der Waals surface area contributed by atoms with Crippen molar-refractivity contribution in [3.05, 3.63) is 33.5 Å². The van der Waals surface area contributed by atoms with Crippen LogP contribution in [0.1, 0.15) is 11.3 Å². The molecule has 0 aliphatic rings. The van der Waals surface area contributed by atoms with E-state index in [9.17, 15) is 23.3 Å². The van der Waals surface area contributed by atoms with E-state index in [1.165, 1.54) is 0 Å². The molecule has 0 radical (unpaired) electrons. The van der Waals surface area contributed by atoms with E-state index in [1.807, 2.05) is 0 Å². The summed E-state index contributed by atoms with van der Waals surface area (Å²) in [5.74, 6) is -0.600. The van der Waals surface area contributed by atoms with E-state index in [-0.39, 0.29) is 5.33 Å². The lowest BCUT2D eigenvalue weighted by Gasteiger charge is -2.06. The van der Waals surface area contributed by atoms with Crippen LogP contribution >= 0.6 is 15.9 Å². The summed E-state index contributed by atoms with van der Waals surface area (Å²) in [6.45, 7) is 0. The third-order valence-corrected chi connectivity index (χ3v) is 2.11. The molecule has 1 aromatic heterocycles. The maximum Gasteiger partial charge on any atom is 0.420 e. The van der Waals surface area contributed by atoms with Gasteiger partial charge >= 0.3 is 12.0 Å². The summed E-state index contributed by atoms with van der Waals surface area (Å²) < 4.78 is 37.0. The number of nitrogens with zero attached hydrogens (tertiary/aromatic N) is 2. The highest BCUT2D eigenvalue weighted by Crippen LogP contribution is 2.32. The number of aromatic nitrogens is 1. The fourth-order valence-electron chi connectivity index (χ4n) is 0.951. The van der Waals surface area contributed by atoms with Gasteiger partial charge in [0, 0.05) is 6.07 Å². The van der Waals surface area contributed by atoms with Gasteiger partial charge in [-0.25, -0.2) is 0 Å². The van der Waals surface area contributed by atoms with Crippen LogP contribution in [0, 0.1) is 10.1 Å². The zero-order valence-electron chi connectivity index (χ0n) is 7.08. The number of rotatable bonds is 2. The molecule has 0 bridgehead atoms. The van der Waals surface area contributed by atoms with E-state index in [4.69, 9.17) is 0 Å². The van der Waals surface area contributed by atoms with Crippen LogP contribution in [0.15, 0.2) is 12.1 Å². The van der Waals surface area contributed by atoms with Gasteiger partial charge in [-0.2, -0.15) is 13.2 Å². The van der Waals surface area contributed by atoms with E-state index in [1.54, 1.807) is 0 Å². The molecule has 0 saturated carbocycles. The van der Waals surface area contributed by atoms with Gasteiger partial charge in [-0.15, -0.1) is 0 Å². The van der Waals surface area contributed by atoms with Crippen LogP contribution in [0.25, 0.3) is 0 Å². The van der Waals surface area contributed by atoms with Crippen molar-refractivity contribution < 1.29 is 18.1 Å². The Bertz CT molecular complexity index is 394. The van der Waals surface area contributed by atoms with Gasteiger partial charge in [-0.1, -0.05) is 15.9 Å². The van der Waals surface area contributed by atoms with Crippen molar-refractivity contribution in [3.63, 3.8) is 0 Å². The Hall–Kier alpha value is -1.18. The van der Waals surface area contributed by atoms with E-state index in [2.05, 4.69) is 20.9 Å². The summed E-state index contributed by atoms with van der Waals surface area (Å²) in [4.78, 5) is 12.7. The van der Waals surface area contributed by atoms with Crippen molar-refractivity contribution in [1.29, 1.82) is 0 Å². The molecule has 8 heteroatoms. The van der Waals surface area contributed by atoms with E-state index in [0.29, 0.717) is 6.07 Å². The summed E-state index contributed by atoms with van der Waals surface area (Å²) in [5, 5.41) is 10.1. The first-order valence-electron chi connectivity index (χ1n) is 3.63. The van der Waals surface area contributed by atoms with Crippen LogP contribution in [-0.4, -0.2) is 9.91 Å². The molecule has 0 aromatic carbocycles. The zero-order chi connectivity index (χ0) is 11.6. The topological polar surface area (TPSA) is 56.0 Å². The predicted molar refractivity (Wildman–Crippen MR) is 48.5 cm³/mol. The first-order valence-corrected chi connectivity index (χ1v) is 4.76. The first-order chi connectivity index (χ1) is 6.86. The van der Waals surface area contributed by atoms with Gasteiger partial charge in [0.15, 0.2) is 5.69 Å². The molecule has 0 N–H and O–H groups in total. The van der Waals surface area contributed by atoms with Crippen molar-refractivity contribution in [2.75, 3.05) is 0 Å². The standard InChI is InChI=1S/C7H4BrF3N2O2/c8-3-5-4(7(9,10)11)1-2-6(12-5)13(14)15/h1-2H,3H2. The molecule has 0 unspecified atom stereocenters. The Kier molecular flexibility index (Phi) is 3.28. The molecule has 0 saturated heterocycles. The lowest BCUT2D eigenvalue weighted by molar-refractivity contribution is -0.389. The van der Waals surface area contributed by atoms with Crippen molar-refractivity contribution in [2.24, 2.45) is 0 Å². The predicted octanol–water partition coefficient (Wildman–Crippen LogP) is 2.90. The molecule has 1 rings (SSSR count). The van der Waals surface area contributed by atoms with Gasteiger partial charge in [0.2, 0.25) is 0 Å². The largest absolute Gasteiger partial charge is 0.420 e. The average molecular weight is 285 g/mol. The van der Waals surface area contributed by atoms with Crippen molar-refractivity contribution >= 4 is 21.7 Å². The summed E-state index contributed by atoms with van der Waals surface area (Å²) in [5.41, 5.74) is -1.36. The molecule has 1 aromatic rings. The highest BCUT2D eigenvalue weighted by molar-refractivity contribution is 9.08. The Morgan fingerprint density at radius 3 is 2.47 bits per heavy atom. The van der Waals surface area contributed by atoms with Gasteiger partial charge in [0.25, 0.3) is 0 Å². The van der Waals surface area contributed by atoms with Gasteiger partial charge in [-0.05, 0) is 16.0 Å². The Morgan fingerprint density at radius 2 is 2.07 bits per heavy atom. The highest BCUT2D eigenvalue weighted by atomic mass is 79.9. The van der Waals surface area contributed by atoms with Crippen molar-refractivity contribution in [1.82, 2.24) is 4.98 Å². The third-order valence-electron chi connectivity index (χ3n) is 1.58. The fourth-order valence-corrected chi connectivity index (χ4v) is 1.38. The number of pyridine rings is 1. The molecule has 82 valence electrons. The summed E-state index contributed by atoms with van der Waals surface area (Å²) in [6, 6.07) is 1.39. The lowest BCUT2D eigenvalue weighted by Crippen LogP contribution is -2.10. The smallest absolute Gasteiger partial charge is 0.358 e. The molecule has 0 aliphatic carbocycles. The summed E-state index contributed by atoms with van der Waals surface area (Å²) in [7, 11) is 0. The first kappa shape index (κ1) is 11.9.